The Labute approximate surface area is 119 Å². The van der Waals surface area contributed by atoms with Crippen LogP contribution < -0.4 is 11.1 Å². The fourth-order valence-electron chi connectivity index (χ4n) is 1.51. The monoisotopic (exact) mass is 296 g/mol. The first-order valence-corrected chi connectivity index (χ1v) is 6.93. The molecule has 3 N–H and O–H groups in total. The number of hydrogen-bond donors (Lipinski definition) is 2. The van der Waals surface area contributed by atoms with E-state index in [1.165, 1.54) is 0 Å². The van der Waals surface area contributed by atoms with Crippen molar-refractivity contribution in [2.24, 2.45) is 0 Å². The van der Waals surface area contributed by atoms with Gasteiger partial charge in [-0.15, -0.1) is 11.3 Å². The summed E-state index contributed by atoms with van der Waals surface area (Å²) in [4.78, 5) is 20.1. The van der Waals surface area contributed by atoms with Gasteiger partial charge in [-0.3, -0.25) is 4.79 Å². The summed E-state index contributed by atoms with van der Waals surface area (Å²) < 4.78 is 0. The van der Waals surface area contributed by atoms with Crippen LogP contribution in [0, 0.1) is 0 Å². The molecule has 0 aliphatic rings. The van der Waals surface area contributed by atoms with E-state index in [0.29, 0.717) is 6.54 Å². The molecule has 2 aromatic heterocycles. The van der Waals surface area contributed by atoms with Crippen molar-refractivity contribution in [2.45, 2.75) is 12.8 Å². The van der Waals surface area contributed by atoms with E-state index in [9.17, 15) is 4.79 Å². The predicted molar refractivity (Wildman–Crippen MR) is 76.5 cm³/mol. The Morgan fingerprint density at radius 2 is 2.37 bits per heavy atom. The van der Waals surface area contributed by atoms with Crippen LogP contribution in [0.4, 0.5) is 5.82 Å². The Balaban J connectivity index is 2.00. The summed E-state index contributed by atoms with van der Waals surface area (Å²) in [5.74, 6) is 0.0759. The van der Waals surface area contributed by atoms with Gasteiger partial charge in [0.15, 0.2) is 0 Å². The highest BCUT2D eigenvalue weighted by Gasteiger charge is 2.15. The molecule has 0 saturated heterocycles. The van der Waals surface area contributed by atoms with Gasteiger partial charge in [0.05, 0.1) is 10.0 Å². The van der Waals surface area contributed by atoms with E-state index in [2.05, 4.69) is 15.3 Å². The van der Waals surface area contributed by atoms with E-state index in [1.54, 1.807) is 29.7 Å². The molecule has 0 bridgehead atoms. The number of nitrogens with one attached hydrogen (secondary N) is 1. The maximum atomic E-state index is 12.0. The molecule has 0 aromatic carbocycles. The van der Waals surface area contributed by atoms with Crippen LogP contribution >= 0.6 is 22.9 Å². The number of carbonyl (C=O) groups is 1. The van der Waals surface area contributed by atoms with E-state index < -0.39 is 0 Å². The maximum Gasteiger partial charge on any atom is 0.271 e. The Morgan fingerprint density at radius 1 is 1.58 bits per heavy atom. The first-order valence-electron chi connectivity index (χ1n) is 5.67. The lowest BCUT2D eigenvalue weighted by atomic mass is 10.2. The SMILES string of the molecule is CC(CNC(=O)c1nc(N)ccc1Cl)c1nccs1. The van der Waals surface area contributed by atoms with Crippen LogP contribution in [0.5, 0.6) is 0 Å². The fourth-order valence-corrected chi connectivity index (χ4v) is 2.40. The molecule has 1 amide bonds. The molecule has 1 atom stereocenters. The van der Waals surface area contributed by atoms with E-state index in [0.717, 1.165) is 5.01 Å². The van der Waals surface area contributed by atoms with Crippen molar-refractivity contribution in [1.29, 1.82) is 0 Å². The van der Waals surface area contributed by atoms with Crippen LogP contribution in [0.3, 0.4) is 0 Å². The van der Waals surface area contributed by atoms with E-state index >= 15 is 0 Å². The number of nitrogen functional groups attached to an aromatic ring is 1. The summed E-state index contributed by atoms with van der Waals surface area (Å²) in [5.41, 5.74) is 5.69. The standard InChI is InChI=1S/C12H13ClN4OS/c1-7(12-15-4-5-19-12)6-16-11(18)10-8(13)2-3-9(14)17-10/h2-5,7H,6H2,1H3,(H2,14,17)(H,16,18). The van der Waals surface area contributed by atoms with Crippen molar-refractivity contribution in [2.75, 3.05) is 12.3 Å². The van der Waals surface area contributed by atoms with Crippen LogP contribution in [0.15, 0.2) is 23.7 Å². The second kappa shape index (κ2) is 5.99. The highest BCUT2D eigenvalue weighted by molar-refractivity contribution is 7.09. The Hall–Kier alpha value is -1.66. The summed E-state index contributed by atoms with van der Waals surface area (Å²) in [5, 5.41) is 5.95. The number of rotatable bonds is 4. The topological polar surface area (TPSA) is 80.9 Å². The molecular weight excluding hydrogens is 284 g/mol. The minimum absolute atomic E-state index is 0.142. The van der Waals surface area contributed by atoms with Gasteiger partial charge >= 0.3 is 0 Å². The first kappa shape index (κ1) is 13.8. The molecule has 0 aliphatic carbocycles. The van der Waals surface area contributed by atoms with Gasteiger partial charge in [0.25, 0.3) is 5.91 Å². The molecule has 1 unspecified atom stereocenters. The number of nitrogens with zero attached hydrogens (tertiary/aromatic N) is 2. The van der Waals surface area contributed by atoms with Gasteiger partial charge in [0.1, 0.15) is 11.5 Å². The lowest BCUT2D eigenvalue weighted by molar-refractivity contribution is 0.0947. The smallest absolute Gasteiger partial charge is 0.271 e. The third kappa shape index (κ3) is 3.42. The lowest BCUT2D eigenvalue weighted by Gasteiger charge is -2.10. The van der Waals surface area contributed by atoms with Gasteiger partial charge in [-0.2, -0.15) is 0 Å². The molecule has 2 heterocycles. The summed E-state index contributed by atoms with van der Waals surface area (Å²) >= 11 is 7.48. The molecule has 5 nitrogen and oxygen atoms in total. The van der Waals surface area contributed by atoms with E-state index in [4.69, 9.17) is 17.3 Å². The molecule has 7 heteroatoms. The van der Waals surface area contributed by atoms with Crippen LogP contribution in [0.25, 0.3) is 0 Å². The maximum absolute atomic E-state index is 12.0. The highest BCUT2D eigenvalue weighted by atomic mass is 35.5. The molecule has 0 spiro atoms. The van der Waals surface area contributed by atoms with Crippen molar-refractivity contribution in [3.8, 4) is 0 Å². The highest BCUT2D eigenvalue weighted by Crippen LogP contribution is 2.18. The number of amides is 1. The van der Waals surface area contributed by atoms with Gasteiger partial charge in [-0.1, -0.05) is 18.5 Å². The van der Waals surface area contributed by atoms with Crippen LogP contribution in [-0.2, 0) is 0 Å². The van der Waals surface area contributed by atoms with Crippen molar-refractivity contribution in [3.05, 3.63) is 39.4 Å². The number of anilines is 1. The minimum Gasteiger partial charge on any atom is -0.384 e. The number of nitrogens with two attached hydrogens (primary N) is 1. The zero-order valence-electron chi connectivity index (χ0n) is 10.3. The molecule has 0 aliphatic heterocycles. The second-order valence-corrected chi connectivity index (χ2v) is 5.38. The molecule has 0 radical (unpaired) electrons. The summed E-state index contributed by atoms with van der Waals surface area (Å²) in [7, 11) is 0. The van der Waals surface area contributed by atoms with Crippen molar-refractivity contribution >= 4 is 34.7 Å². The number of carbonyl (C=O) groups excluding carboxylic acids is 1. The van der Waals surface area contributed by atoms with Crippen molar-refractivity contribution < 1.29 is 4.79 Å². The number of pyridine rings is 1. The minimum atomic E-state index is -0.333. The number of thiazole rings is 1. The van der Waals surface area contributed by atoms with Crippen LogP contribution in [0.1, 0.15) is 28.3 Å². The molecule has 19 heavy (non-hydrogen) atoms. The van der Waals surface area contributed by atoms with E-state index in [-0.39, 0.29) is 28.4 Å². The second-order valence-electron chi connectivity index (χ2n) is 4.05. The van der Waals surface area contributed by atoms with Gasteiger partial charge < -0.3 is 11.1 Å². The Morgan fingerprint density at radius 3 is 3.05 bits per heavy atom. The quantitative estimate of drug-likeness (QED) is 0.907. The third-order valence-electron chi connectivity index (χ3n) is 2.52. The molecule has 0 saturated carbocycles. The largest absolute Gasteiger partial charge is 0.384 e. The zero-order valence-corrected chi connectivity index (χ0v) is 11.8. The molecule has 2 rings (SSSR count). The molecular formula is C12H13ClN4OS. The predicted octanol–water partition coefficient (Wildman–Crippen LogP) is 2.31. The van der Waals surface area contributed by atoms with Crippen molar-refractivity contribution in [1.82, 2.24) is 15.3 Å². The van der Waals surface area contributed by atoms with Gasteiger partial charge in [-0.25, -0.2) is 9.97 Å². The van der Waals surface area contributed by atoms with E-state index in [1.807, 2.05) is 12.3 Å². The third-order valence-corrected chi connectivity index (χ3v) is 3.84. The Bertz CT molecular complexity index is 573. The molecule has 2 aromatic rings. The van der Waals surface area contributed by atoms with Crippen molar-refractivity contribution in [3.63, 3.8) is 0 Å². The number of halogens is 1. The average molecular weight is 297 g/mol. The summed E-state index contributed by atoms with van der Waals surface area (Å²) in [6.07, 6.45) is 1.74. The summed E-state index contributed by atoms with van der Waals surface area (Å²) in [6.45, 7) is 2.46. The van der Waals surface area contributed by atoms with Gasteiger partial charge in [0, 0.05) is 24.0 Å². The van der Waals surface area contributed by atoms with Gasteiger partial charge in [-0.05, 0) is 12.1 Å². The molecule has 0 fully saturated rings. The van der Waals surface area contributed by atoms with Crippen LogP contribution in [-0.4, -0.2) is 22.4 Å². The average Bonchev–Trinajstić information content (AvgIpc) is 2.92. The molecule has 100 valence electrons. The fraction of sp³-hybridized carbons (Fsp3) is 0.250. The number of aromatic nitrogens is 2. The zero-order chi connectivity index (χ0) is 13.8. The van der Waals surface area contributed by atoms with Crippen LogP contribution in [0.2, 0.25) is 5.02 Å². The first-order chi connectivity index (χ1) is 9.08. The lowest BCUT2D eigenvalue weighted by Crippen LogP contribution is -2.28. The Kier molecular flexibility index (Phi) is 4.34. The normalized spacial score (nSPS) is 12.1. The van der Waals surface area contributed by atoms with Gasteiger partial charge in [0.2, 0.25) is 0 Å². The summed E-state index contributed by atoms with van der Waals surface area (Å²) in [6, 6.07) is 3.11. The number of hydrogen-bond acceptors (Lipinski definition) is 5.